The summed E-state index contributed by atoms with van der Waals surface area (Å²) in [5, 5.41) is 11.6. The molecule has 2 aliphatic rings. The number of hydrogen-bond donors (Lipinski definition) is 0. The average Bonchev–Trinajstić information content (AvgIpc) is 3.69. The molecule has 0 saturated heterocycles. The number of aromatic nitrogens is 1. The topological polar surface area (TPSA) is 71.5 Å². The summed E-state index contributed by atoms with van der Waals surface area (Å²) in [6.07, 6.45) is 5.74. The van der Waals surface area contributed by atoms with Crippen LogP contribution in [0.15, 0.2) is 60.8 Å². The van der Waals surface area contributed by atoms with Crippen LogP contribution in [0.5, 0.6) is 11.6 Å². The number of pyridine rings is 1. The Kier molecular flexibility index (Phi) is 7.66. The summed E-state index contributed by atoms with van der Waals surface area (Å²) in [6.45, 7) is 1.77. The number of carbonyl (C=O) groups excluding carboxylic acids is 1. The second-order valence-corrected chi connectivity index (χ2v) is 9.19. The number of aryl methyl sites for hydroxylation is 1. The van der Waals surface area contributed by atoms with Gasteiger partial charge in [-0.25, -0.2) is 4.98 Å². The van der Waals surface area contributed by atoms with Crippen molar-refractivity contribution in [2.24, 2.45) is 11.8 Å². The number of benzene rings is 2. The Morgan fingerprint density at radius 1 is 1.06 bits per heavy atom. The summed E-state index contributed by atoms with van der Waals surface area (Å²) >= 11 is 0. The zero-order valence-electron chi connectivity index (χ0n) is 20.0. The van der Waals surface area contributed by atoms with Crippen LogP contribution in [-0.2, 0) is 11.2 Å². The van der Waals surface area contributed by atoms with E-state index in [1.54, 1.807) is 20.2 Å². The number of nitrogens with zero attached hydrogens (tertiary/aromatic N) is 1. The summed E-state index contributed by atoms with van der Waals surface area (Å²) in [5.74, 6) is 0.403. The average molecular weight is 466 g/mol. The van der Waals surface area contributed by atoms with Gasteiger partial charge in [-0.3, -0.25) is 0 Å². The Morgan fingerprint density at radius 2 is 1.82 bits per heavy atom. The molecule has 3 atom stereocenters. The monoisotopic (exact) mass is 465 g/mol. The van der Waals surface area contributed by atoms with E-state index in [9.17, 15) is 9.90 Å². The fourth-order valence-corrected chi connectivity index (χ4v) is 4.99. The Labute approximate surface area is 222 Å². The van der Waals surface area contributed by atoms with E-state index in [0.29, 0.717) is 11.8 Å². The van der Waals surface area contributed by atoms with Gasteiger partial charge >= 0.3 is 29.6 Å². The van der Waals surface area contributed by atoms with Crippen molar-refractivity contribution in [2.45, 2.75) is 44.6 Å². The quantitative estimate of drug-likeness (QED) is 0.497. The van der Waals surface area contributed by atoms with Crippen molar-refractivity contribution in [1.29, 1.82) is 0 Å². The van der Waals surface area contributed by atoms with E-state index in [1.807, 2.05) is 12.1 Å². The van der Waals surface area contributed by atoms with Crippen LogP contribution in [-0.4, -0.2) is 18.1 Å². The number of hydrogen-bond acceptors (Lipinski definition) is 5. The molecule has 1 saturated carbocycles. The zero-order chi connectivity index (χ0) is 22.9. The smallest absolute Gasteiger partial charge is 0.550 e. The summed E-state index contributed by atoms with van der Waals surface area (Å²) in [5.41, 5.74) is 5.53. The SMILES string of the molecule is COc1cc(-c2ccc(C3CCc4ccc([C@H](C5CC5)[C@H](C)C(=O)[O-])cc4O3)cc2)ccn1.[Na+]. The Balaban J connectivity index is 0.00000274. The number of aliphatic carboxylic acids is 1. The van der Waals surface area contributed by atoms with Crippen molar-refractivity contribution < 1.29 is 48.9 Å². The number of carboxylic acids is 1. The Hall–Kier alpha value is -2.34. The third-order valence-corrected chi connectivity index (χ3v) is 7.02. The van der Waals surface area contributed by atoms with Crippen molar-refractivity contribution in [1.82, 2.24) is 4.98 Å². The summed E-state index contributed by atoms with van der Waals surface area (Å²) < 4.78 is 11.7. The number of rotatable bonds is 7. The van der Waals surface area contributed by atoms with Gasteiger partial charge in [-0.1, -0.05) is 43.3 Å². The van der Waals surface area contributed by atoms with E-state index in [2.05, 4.69) is 47.4 Å². The van der Waals surface area contributed by atoms with Crippen LogP contribution in [0, 0.1) is 11.8 Å². The van der Waals surface area contributed by atoms with Crippen LogP contribution >= 0.6 is 0 Å². The van der Waals surface area contributed by atoms with Crippen molar-refractivity contribution in [3.8, 4) is 22.8 Å². The van der Waals surface area contributed by atoms with Gasteiger partial charge in [-0.05, 0) is 77.5 Å². The van der Waals surface area contributed by atoms with Crippen molar-refractivity contribution in [2.75, 3.05) is 7.11 Å². The van der Waals surface area contributed by atoms with Crippen LogP contribution in [0.2, 0.25) is 0 Å². The molecule has 3 aromatic rings. The summed E-state index contributed by atoms with van der Waals surface area (Å²) in [7, 11) is 1.62. The molecule has 0 N–H and O–H groups in total. The molecule has 1 fully saturated rings. The molecule has 0 radical (unpaired) electrons. The van der Waals surface area contributed by atoms with E-state index in [-0.39, 0.29) is 41.6 Å². The molecule has 34 heavy (non-hydrogen) atoms. The van der Waals surface area contributed by atoms with Crippen LogP contribution < -0.4 is 44.1 Å². The standard InChI is InChI=1S/C28H29NO4.Na/c1-17(28(30)31)27(21-8-9-21)23-10-7-20-11-12-24(33-25(20)15-23)19-5-3-18(4-6-19)22-13-14-29-26(16-22)32-2;/h3-7,10,13-17,21,24,27H,8-9,11-12H2,1-2H3,(H,30,31);/q;+1/p-1/t17-,24?,27-;/m0./s1. The number of carbonyl (C=O) groups is 1. The molecule has 2 aromatic carbocycles. The van der Waals surface area contributed by atoms with Gasteiger partial charge in [0.1, 0.15) is 11.9 Å². The van der Waals surface area contributed by atoms with Gasteiger partial charge in [0.25, 0.3) is 0 Å². The van der Waals surface area contributed by atoms with Gasteiger partial charge in [0.05, 0.1) is 7.11 Å². The van der Waals surface area contributed by atoms with E-state index in [0.717, 1.165) is 53.7 Å². The molecule has 170 valence electrons. The van der Waals surface area contributed by atoms with E-state index >= 15 is 0 Å². The molecule has 6 heteroatoms. The largest absolute Gasteiger partial charge is 1.00 e. The first kappa shape index (κ1) is 24.8. The molecule has 0 spiro atoms. The molecule has 0 bridgehead atoms. The molecule has 1 unspecified atom stereocenters. The summed E-state index contributed by atoms with van der Waals surface area (Å²) in [4.78, 5) is 15.8. The predicted molar refractivity (Wildman–Crippen MR) is 124 cm³/mol. The maximum absolute atomic E-state index is 11.6. The van der Waals surface area contributed by atoms with Crippen molar-refractivity contribution in [3.05, 3.63) is 77.5 Å². The molecule has 0 amide bonds. The van der Waals surface area contributed by atoms with Crippen molar-refractivity contribution >= 4 is 5.97 Å². The second kappa shape index (κ2) is 10.5. The van der Waals surface area contributed by atoms with Gasteiger partial charge in [0.15, 0.2) is 0 Å². The molecule has 5 nitrogen and oxygen atoms in total. The number of fused-ring (bicyclic) bond motifs is 1. The van der Waals surface area contributed by atoms with Crippen LogP contribution in [0.1, 0.15) is 54.9 Å². The Bertz CT molecular complexity index is 1160. The number of methoxy groups -OCH3 is 1. The summed E-state index contributed by atoms with van der Waals surface area (Å²) in [6, 6.07) is 18.6. The first-order chi connectivity index (χ1) is 16.0. The third kappa shape index (κ3) is 5.17. The van der Waals surface area contributed by atoms with Gasteiger partial charge in [-0.2, -0.15) is 0 Å². The number of carboxylic acid groups (broad SMARTS) is 1. The molecule has 1 aliphatic carbocycles. The van der Waals surface area contributed by atoms with Gasteiger partial charge in [-0.15, -0.1) is 0 Å². The van der Waals surface area contributed by atoms with Crippen LogP contribution in [0.25, 0.3) is 11.1 Å². The minimum atomic E-state index is -0.977. The second-order valence-electron chi connectivity index (χ2n) is 9.19. The normalized spacial score (nSPS) is 18.6. The zero-order valence-corrected chi connectivity index (χ0v) is 22.0. The van der Waals surface area contributed by atoms with E-state index in [1.165, 1.54) is 5.56 Å². The predicted octanol–water partition coefficient (Wildman–Crippen LogP) is 1.71. The van der Waals surface area contributed by atoms with E-state index in [4.69, 9.17) is 9.47 Å². The molecule has 2 heterocycles. The van der Waals surface area contributed by atoms with Crippen LogP contribution in [0.4, 0.5) is 0 Å². The van der Waals surface area contributed by atoms with E-state index < -0.39 is 11.9 Å². The van der Waals surface area contributed by atoms with Crippen LogP contribution in [0.3, 0.4) is 0 Å². The first-order valence-corrected chi connectivity index (χ1v) is 11.6. The minimum Gasteiger partial charge on any atom is -0.550 e. The van der Waals surface area contributed by atoms with Gasteiger partial charge in [0, 0.05) is 24.2 Å². The maximum Gasteiger partial charge on any atom is 1.00 e. The Morgan fingerprint density at radius 3 is 2.50 bits per heavy atom. The fraction of sp³-hybridized carbons (Fsp3) is 0.357. The van der Waals surface area contributed by atoms with Gasteiger partial charge in [0.2, 0.25) is 5.88 Å². The molecule has 1 aromatic heterocycles. The van der Waals surface area contributed by atoms with Crippen molar-refractivity contribution in [3.63, 3.8) is 0 Å². The number of ether oxygens (including phenoxy) is 2. The first-order valence-electron chi connectivity index (χ1n) is 11.6. The molecular weight excluding hydrogens is 437 g/mol. The maximum atomic E-state index is 11.6. The third-order valence-electron chi connectivity index (χ3n) is 7.02. The molecular formula is C28H28NNaO4. The fourth-order valence-electron chi connectivity index (χ4n) is 4.99. The van der Waals surface area contributed by atoms with Gasteiger partial charge < -0.3 is 19.4 Å². The minimum absolute atomic E-state index is 0. The molecule has 1 aliphatic heterocycles. The molecule has 5 rings (SSSR count).